The summed E-state index contributed by atoms with van der Waals surface area (Å²) in [5, 5.41) is 0. The first kappa shape index (κ1) is 16.5. The van der Waals surface area contributed by atoms with Crippen molar-refractivity contribution < 1.29 is 14.2 Å². The van der Waals surface area contributed by atoms with Gasteiger partial charge in [-0.25, -0.2) is 0 Å². The Bertz CT molecular complexity index is 446. The van der Waals surface area contributed by atoms with Crippen molar-refractivity contribution in [3.05, 3.63) is 29.8 Å². The molecule has 0 saturated carbocycles. The van der Waals surface area contributed by atoms with E-state index in [2.05, 4.69) is 23.5 Å². The maximum absolute atomic E-state index is 6.03. The first-order chi connectivity index (χ1) is 10.8. The second-order valence-corrected chi connectivity index (χ2v) is 8.57. The van der Waals surface area contributed by atoms with Gasteiger partial charge in [0.2, 0.25) is 0 Å². The van der Waals surface area contributed by atoms with Crippen molar-refractivity contribution in [1.82, 2.24) is 0 Å². The first-order valence-electron chi connectivity index (χ1n) is 7.99. The molecule has 1 aromatic carbocycles. The topological polar surface area (TPSA) is 27.7 Å². The van der Waals surface area contributed by atoms with Gasteiger partial charge in [-0.1, -0.05) is 12.1 Å². The number of ether oxygens (including phenoxy) is 3. The number of methoxy groups -OCH3 is 1. The molecule has 2 aliphatic rings. The zero-order valence-electron chi connectivity index (χ0n) is 13.0. The molecule has 2 atom stereocenters. The van der Waals surface area contributed by atoms with Crippen LogP contribution in [0, 0.1) is 0 Å². The average Bonchev–Trinajstić information content (AvgIpc) is 3.05. The molecule has 1 aromatic rings. The lowest BCUT2D eigenvalue weighted by Gasteiger charge is -2.21. The van der Waals surface area contributed by atoms with Gasteiger partial charge >= 0.3 is 0 Å². The molecule has 0 bridgehead atoms. The Hall–Kier alpha value is -0.360. The van der Waals surface area contributed by atoms with E-state index in [4.69, 9.17) is 14.2 Å². The van der Waals surface area contributed by atoms with Crippen molar-refractivity contribution in [3.63, 3.8) is 0 Å². The summed E-state index contributed by atoms with van der Waals surface area (Å²) in [5.41, 5.74) is 1.07. The molecule has 3 nitrogen and oxygen atoms in total. The van der Waals surface area contributed by atoms with Gasteiger partial charge in [0.25, 0.3) is 0 Å². The van der Waals surface area contributed by atoms with Crippen molar-refractivity contribution in [2.45, 2.75) is 42.7 Å². The number of benzene rings is 1. The van der Waals surface area contributed by atoms with Crippen LogP contribution < -0.4 is 4.74 Å². The maximum atomic E-state index is 6.03. The van der Waals surface area contributed by atoms with Gasteiger partial charge in [0, 0.05) is 5.56 Å². The van der Waals surface area contributed by atoms with E-state index in [1.807, 2.05) is 24.3 Å². The summed E-state index contributed by atoms with van der Waals surface area (Å²) in [6.45, 7) is 0.710. The molecule has 122 valence electrons. The normalized spacial score (nSPS) is 26.2. The molecular weight excluding hydrogens is 316 g/mol. The molecule has 2 fully saturated rings. The third kappa shape index (κ3) is 4.57. The van der Waals surface area contributed by atoms with Crippen LogP contribution in [0.5, 0.6) is 5.75 Å². The summed E-state index contributed by atoms with van der Waals surface area (Å²) in [5.74, 6) is 3.53. The number of rotatable bonds is 6. The quantitative estimate of drug-likeness (QED) is 0.761. The smallest absolute Gasteiger partial charge is 0.184 e. The van der Waals surface area contributed by atoms with Crippen LogP contribution in [0.2, 0.25) is 0 Å². The Labute approximate surface area is 141 Å². The first-order valence-corrected chi connectivity index (χ1v) is 10.1. The molecule has 2 saturated heterocycles. The lowest BCUT2D eigenvalue weighted by molar-refractivity contribution is -0.0613. The Morgan fingerprint density at radius 2 is 1.91 bits per heavy atom. The fraction of sp³-hybridized carbons (Fsp3) is 0.647. The van der Waals surface area contributed by atoms with Crippen LogP contribution in [-0.4, -0.2) is 35.9 Å². The van der Waals surface area contributed by atoms with E-state index in [9.17, 15) is 0 Å². The molecule has 2 heterocycles. The van der Waals surface area contributed by atoms with Crippen LogP contribution in [0.1, 0.15) is 37.5 Å². The van der Waals surface area contributed by atoms with Crippen molar-refractivity contribution in [1.29, 1.82) is 0 Å². The van der Waals surface area contributed by atoms with Gasteiger partial charge in [-0.2, -0.15) is 0 Å². The second-order valence-electron chi connectivity index (χ2n) is 5.65. The van der Waals surface area contributed by atoms with Gasteiger partial charge in [-0.15, -0.1) is 23.5 Å². The van der Waals surface area contributed by atoms with E-state index in [1.165, 1.54) is 30.8 Å². The number of thioether (sulfide) groups is 2. The van der Waals surface area contributed by atoms with Crippen LogP contribution >= 0.6 is 23.5 Å². The van der Waals surface area contributed by atoms with Crippen LogP contribution in [-0.2, 0) is 9.47 Å². The molecule has 0 radical (unpaired) electrons. The highest BCUT2D eigenvalue weighted by atomic mass is 32.2. The van der Waals surface area contributed by atoms with E-state index in [0.29, 0.717) is 6.61 Å². The summed E-state index contributed by atoms with van der Waals surface area (Å²) in [6.07, 6.45) is 5.02. The SMILES string of the molecule is COc1ccc(C2OC[C@H](CCCC3SCCCS3)O2)cc1. The van der Waals surface area contributed by atoms with Crippen LogP contribution in [0.3, 0.4) is 0 Å². The van der Waals surface area contributed by atoms with E-state index in [1.54, 1.807) is 7.11 Å². The Morgan fingerprint density at radius 1 is 1.14 bits per heavy atom. The highest BCUT2D eigenvalue weighted by molar-refractivity contribution is 8.17. The second kappa shape index (κ2) is 8.48. The average molecular weight is 341 g/mol. The largest absolute Gasteiger partial charge is 0.497 e. The van der Waals surface area contributed by atoms with Gasteiger partial charge in [0.05, 0.1) is 24.4 Å². The number of hydrogen-bond acceptors (Lipinski definition) is 5. The molecule has 0 aromatic heterocycles. The molecule has 2 aliphatic heterocycles. The van der Waals surface area contributed by atoms with Crippen molar-refractivity contribution >= 4 is 23.5 Å². The third-order valence-corrected chi connectivity index (χ3v) is 7.08. The minimum absolute atomic E-state index is 0.214. The fourth-order valence-electron chi connectivity index (χ4n) is 2.75. The van der Waals surface area contributed by atoms with Crippen molar-refractivity contribution in [2.24, 2.45) is 0 Å². The Morgan fingerprint density at radius 3 is 2.64 bits per heavy atom. The van der Waals surface area contributed by atoms with Crippen molar-refractivity contribution in [2.75, 3.05) is 25.2 Å². The molecule has 3 rings (SSSR count). The lowest BCUT2D eigenvalue weighted by atomic mass is 10.2. The van der Waals surface area contributed by atoms with Gasteiger partial charge in [0.1, 0.15) is 5.75 Å². The minimum Gasteiger partial charge on any atom is -0.497 e. The molecule has 0 amide bonds. The van der Waals surface area contributed by atoms with E-state index in [-0.39, 0.29) is 12.4 Å². The molecule has 0 N–H and O–H groups in total. The molecule has 0 spiro atoms. The maximum Gasteiger partial charge on any atom is 0.184 e. The summed E-state index contributed by atoms with van der Waals surface area (Å²) in [6, 6.07) is 7.93. The van der Waals surface area contributed by atoms with Gasteiger partial charge < -0.3 is 14.2 Å². The van der Waals surface area contributed by atoms with E-state index < -0.39 is 0 Å². The summed E-state index contributed by atoms with van der Waals surface area (Å²) in [4.78, 5) is 0. The molecule has 1 unspecified atom stereocenters. The molecular formula is C17H24O3S2. The van der Waals surface area contributed by atoms with E-state index in [0.717, 1.165) is 22.3 Å². The predicted molar refractivity (Wildman–Crippen MR) is 93.7 cm³/mol. The molecule has 22 heavy (non-hydrogen) atoms. The number of hydrogen-bond donors (Lipinski definition) is 0. The third-order valence-electron chi connectivity index (χ3n) is 4.00. The highest BCUT2D eigenvalue weighted by Crippen LogP contribution is 2.35. The lowest BCUT2D eigenvalue weighted by Crippen LogP contribution is -2.12. The van der Waals surface area contributed by atoms with Crippen LogP contribution in [0.25, 0.3) is 0 Å². The Kier molecular flexibility index (Phi) is 6.36. The van der Waals surface area contributed by atoms with Crippen molar-refractivity contribution in [3.8, 4) is 5.75 Å². The zero-order valence-corrected chi connectivity index (χ0v) is 14.7. The molecule has 0 aliphatic carbocycles. The van der Waals surface area contributed by atoms with Gasteiger partial charge in [-0.3, -0.25) is 0 Å². The summed E-state index contributed by atoms with van der Waals surface area (Å²) in [7, 11) is 1.68. The minimum atomic E-state index is -0.214. The fourth-order valence-corrected chi connectivity index (χ4v) is 5.71. The summed E-state index contributed by atoms with van der Waals surface area (Å²) < 4.78 is 17.8. The van der Waals surface area contributed by atoms with Crippen LogP contribution in [0.4, 0.5) is 0 Å². The van der Waals surface area contributed by atoms with Crippen LogP contribution in [0.15, 0.2) is 24.3 Å². The molecule has 5 heteroatoms. The monoisotopic (exact) mass is 340 g/mol. The zero-order chi connectivity index (χ0) is 15.2. The Balaban J connectivity index is 1.39. The van der Waals surface area contributed by atoms with Gasteiger partial charge in [-0.05, 0) is 49.3 Å². The standard InChI is InChI=1S/C17H24O3S2/c1-18-14-8-6-13(7-9-14)17-19-12-15(20-17)4-2-5-16-21-10-3-11-22-16/h6-9,15-17H,2-5,10-12H2,1H3/t15-,17?/m0/s1. The highest BCUT2D eigenvalue weighted by Gasteiger charge is 2.27. The summed E-state index contributed by atoms with van der Waals surface area (Å²) >= 11 is 4.25. The predicted octanol–water partition coefficient (Wildman–Crippen LogP) is 4.48. The van der Waals surface area contributed by atoms with E-state index >= 15 is 0 Å². The van der Waals surface area contributed by atoms with Gasteiger partial charge in [0.15, 0.2) is 6.29 Å².